The van der Waals surface area contributed by atoms with Crippen LogP contribution in [-0.2, 0) is 29.4 Å². The maximum Gasteiger partial charge on any atom is 0.259 e. The highest BCUT2D eigenvalue weighted by atomic mass is 32.2. The summed E-state index contributed by atoms with van der Waals surface area (Å²) in [7, 11) is -3.54. The van der Waals surface area contributed by atoms with Crippen molar-refractivity contribution in [3.63, 3.8) is 0 Å². The van der Waals surface area contributed by atoms with Crippen LogP contribution in [-0.4, -0.2) is 29.7 Å². The van der Waals surface area contributed by atoms with Gasteiger partial charge in [0.15, 0.2) is 5.03 Å². The van der Waals surface area contributed by atoms with Gasteiger partial charge in [0, 0.05) is 31.3 Å². The van der Waals surface area contributed by atoms with Crippen molar-refractivity contribution in [2.24, 2.45) is 0 Å². The van der Waals surface area contributed by atoms with Crippen LogP contribution in [0.4, 0.5) is 0 Å². The first-order valence-electron chi connectivity index (χ1n) is 6.59. The van der Waals surface area contributed by atoms with E-state index in [4.69, 9.17) is 4.52 Å². The molecule has 20 heavy (non-hydrogen) atoms. The van der Waals surface area contributed by atoms with Crippen LogP contribution in [0.15, 0.2) is 28.2 Å². The normalized spacial score (nSPS) is 15.2. The molecule has 0 aromatic carbocycles. The number of fused-ring (bicyclic) bond motifs is 1. The molecule has 0 spiro atoms. The summed E-state index contributed by atoms with van der Waals surface area (Å²) in [6.45, 7) is 1.14. The van der Waals surface area contributed by atoms with E-state index >= 15 is 0 Å². The fourth-order valence-electron chi connectivity index (χ4n) is 2.27. The van der Waals surface area contributed by atoms with Gasteiger partial charge in [-0.15, -0.1) is 0 Å². The molecule has 0 aliphatic carbocycles. The second kappa shape index (κ2) is 5.37. The van der Waals surface area contributed by atoms with Crippen LogP contribution in [0, 0.1) is 0 Å². The summed E-state index contributed by atoms with van der Waals surface area (Å²) in [6, 6.07) is 0. The molecule has 1 aliphatic heterocycles. The zero-order valence-electron chi connectivity index (χ0n) is 10.9. The molecular formula is C12H16N4O3S. The number of hydrogen-bond acceptors (Lipinski definition) is 5. The van der Waals surface area contributed by atoms with Crippen LogP contribution in [0.1, 0.15) is 24.2 Å². The first-order valence-corrected chi connectivity index (χ1v) is 8.07. The highest BCUT2D eigenvalue weighted by molar-refractivity contribution is 7.89. The van der Waals surface area contributed by atoms with Crippen LogP contribution in [0.3, 0.4) is 0 Å². The third-order valence-electron chi connectivity index (χ3n) is 3.35. The molecule has 2 aromatic heterocycles. The molecule has 0 radical (unpaired) electrons. The van der Waals surface area contributed by atoms with E-state index in [9.17, 15) is 8.42 Å². The molecule has 0 bridgehead atoms. The van der Waals surface area contributed by atoms with Gasteiger partial charge in [-0.25, -0.2) is 18.1 Å². The molecule has 0 amide bonds. The molecule has 3 heterocycles. The predicted octanol–water partition coefficient (Wildman–Crippen LogP) is 0.728. The standard InChI is InChI=1S/C12H16N4O3S/c17-20(18,14-5-4-10-7-13-19-9-10)12-8-16-6-2-1-3-11(16)15-12/h7-9,14H,1-6H2. The van der Waals surface area contributed by atoms with Gasteiger partial charge in [-0.05, 0) is 19.3 Å². The van der Waals surface area contributed by atoms with Crippen LogP contribution < -0.4 is 4.72 Å². The van der Waals surface area contributed by atoms with E-state index in [0.717, 1.165) is 37.2 Å². The maximum absolute atomic E-state index is 12.2. The molecule has 0 saturated carbocycles. The van der Waals surface area contributed by atoms with Gasteiger partial charge < -0.3 is 9.09 Å². The third-order valence-corrected chi connectivity index (χ3v) is 4.68. The minimum Gasteiger partial charge on any atom is -0.364 e. The lowest BCUT2D eigenvalue weighted by Crippen LogP contribution is -2.26. The maximum atomic E-state index is 12.2. The topological polar surface area (TPSA) is 90.0 Å². The summed E-state index contributed by atoms with van der Waals surface area (Å²) in [5, 5.41) is 3.68. The Morgan fingerprint density at radius 2 is 2.30 bits per heavy atom. The Hall–Kier alpha value is -1.67. The van der Waals surface area contributed by atoms with Gasteiger partial charge in [-0.1, -0.05) is 5.16 Å². The van der Waals surface area contributed by atoms with Crippen molar-refractivity contribution in [1.29, 1.82) is 0 Å². The largest absolute Gasteiger partial charge is 0.364 e. The van der Waals surface area contributed by atoms with E-state index in [1.807, 2.05) is 4.57 Å². The zero-order valence-corrected chi connectivity index (χ0v) is 11.8. The molecule has 7 nitrogen and oxygen atoms in total. The Morgan fingerprint density at radius 1 is 1.40 bits per heavy atom. The van der Waals surface area contributed by atoms with Gasteiger partial charge in [0.05, 0.1) is 6.20 Å². The Kier molecular flexibility index (Phi) is 3.58. The molecule has 108 valence electrons. The predicted molar refractivity (Wildman–Crippen MR) is 70.6 cm³/mol. The SMILES string of the molecule is O=S(=O)(NCCc1cnoc1)c1cn2c(n1)CCCC2. The van der Waals surface area contributed by atoms with E-state index in [1.54, 1.807) is 12.4 Å². The van der Waals surface area contributed by atoms with Gasteiger partial charge in [0.1, 0.15) is 12.1 Å². The van der Waals surface area contributed by atoms with Crippen molar-refractivity contribution in [2.45, 2.75) is 37.3 Å². The molecule has 2 aromatic rings. The molecular weight excluding hydrogens is 280 g/mol. The minimum absolute atomic E-state index is 0.111. The molecule has 1 aliphatic rings. The highest BCUT2D eigenvalue weighted by Crippen LogP contribution is 2.17. The summed E-state index contributed by atoms with van der Waals surface area (Å²) in [5.41, 5.74) is 0.858. The van der Waals surface area contributed by atoms with Crippen LogP contribution >= 0.6 is 0 Å². The van der Waals surface area contributed by atoms with Crippen molar-refractivity contribution in [3.8, 4) is 0 Å². The van der Waals surface area contributed by atoms with Crippen LogP contribution in [0.2, 0.25) is 0 Å². The lowest BCUT2D eigenvalue weighted by molar-refractivity contribution is 0.419. The Bertz CT molecular complexity index is 652. The number of hydrogen-bond donors (Lipinski definition) is 1. The number of sulfonamides is 1. The lowest BCUT2D eigenvalue weighted by atomic mass is 10.2. The van der Waals surface area contributed by atoms with Crippen LogP contribution in [0.5, 0.6) is 0 Å². The average molecular weight is 296 g/mol. The Labute approximate surface area is 117 Å². The Morgan fingerprint density at radius 3 is 3.05 bits per heavy atom. The third kappa shape index (κ3) is 2.75. The molecule has 8 heteroatoms. The van der Waals surface area contributed by atoms with E-state index in [2.05, 4.69) is 14.9 Å². The van der Waals surface area contributed by atoms with E-state index < -0.39 is 10.0 Å². The summed E-state index contributed by atoms with van der Waals surface area (Å²) in [5.74, 6) is 0.857. The van der Waals surface area contributed by atoms with Gasteiger partial charge in [0.2, 0.25) is 0 Å². The number of aromatic nitrogens is 3. The summed E-state index contributed by atoms with van der Waals surface area (Å²) in [4.78, 5) is 4.22. The van der Waals surface area contributed by atoms with E-state index in [-0.39, 0.29) is 5.03 Å². The van der Waals surface area contributed by atoms with Gasteiger partial charge >= 0.3 is 0 Å². The zero-order chi connectivity index (χ0) is 14.0. The summed E-state index contributed by atoms with van der Waals surface area (Å²) >= 11 is 0. The average Bonchev–Trinajstić information content (AvgIpc) is 3.07. The first kappa shape index (κ1) is 13.3. The van der Waals surface area contributed by atoms with Crippen molar-refractivity contribution < 1.29 is 12.9 Å². The Balaban J connectivity index is 1.66. The van der Waals surface area contributed by atoms with Crippen molar-refractivity contribution in [3.05, 3.63) is 30.0 Å². The number of nitrogens with one attached hydrogen (secondary N) is 1. The van der Waals surface area contributed by atoms with Gasteiger partial charge in [0.25, 0.3) is 10.0 Å². The minimum atomic E-state index is -3.54. The molecule has 3 rings (SSSR count). The fraction of sp³-hybridized carbons (Fsp3) is 0.500. The quantitative estimate of drug-likeness (QED) is 0.878. The monoisotopic (exact) mass is 296 g/mol. The van der Waals surface area contributed by atoms with E-state index in [0.29, 0.717) is 13.0 Å². The molecule has 0 fully saturated rings. The number of nitrogens with zero attached hydrogens (tertiary/aromatic N) is 3. The molecule has 1 N–H and O–H groups in total. The fourth-order valence-corrected chi connectivity index (χ4v) is 3.28. The lowest BCUT2D eigenvalue weighted by Gasteiger charge is -2.11. The van der Waals surface area contributed by atoms with Crippen molar-refractivity contribution >= 4 is 10.0 Å². The number of rotatable bonds is 5. The van der Waals surface area contributed by atoms with Crippen LogP contribution in [0.25, 0.3) is 0 Å². The summed E-state index contributed by atoms with van der Waals surface area (Å²) < 4.78 is 33.5. The molecule has 0 atom stereocenters. The summed E-state index contributed by atoms with van der Waals surface area (Å²) in [6.07, 6.45) is 8.22. The highest BCUT2D eigenvalue weighted by Gasteiger charge is 2.21. The molecule has 0 saturated heterocycles. The van der Waals surface area contributed by atoms with Gasteiger partial charge in [-0.3, -0.25) is 0 Å². The van der Waals surface area contributed by atoms with Crippen molar-refractivity contribution in [1.82, 2.24) is 19.4 Å². The first-order chi connectivity index (χ1) is 9.65. The van der Waals surface area contributed by atoms with E-state index in [1.165, 1.54) is 6.26 Å². The second-order valence-corrected chi connectivity index (χ2v) is 6.54. The smallest absolute Gasteiger partial charge is 0.259 e. The number of aryl methyl sites for hydroxylation is 2. The number of imidazole rings is 1. The van der Waals surface area contributed by atoms with Gasteiger partial charge in [-0.2, -0.15) is 0 Å². The second-order valence-electron chi connectivity index (χ2n) is 4.83. The van der Waals surface area contributed by atoms with Crippen molar-refractivity contribution in [2.75, 3.05) is 6.54 Å². The molecule has 0 unspecified atom stereocenters.